The molecule has 0 N–H and O–H groups in total. The van der Waals surface area contributed by atoms with E-state index in [4.69, 9.17) is 4.52 Å². The molecule has 0 aromatic carbocycles. The maximum atomic E-state index is 9.97. The van der Waals surface area contributed by atoms with Crippen LogP contribution >= 0.6 is 8.69 Å². The molecule has 12 heavy (non-hydrogen) atoms. The predicted octanol–water partition coefficient (Wildman–Crippen LogP) is 3.42. The smallest absolute Gasteiger partial charge is 0.294 e. The number of hydrogen-bond donors (Lipinski definition) is 0. The van der Waals surface area contributed by atoms with Crippen LogP contribution < -0.4 is 0 Å². The monoisotopic (exact) mass is 234 g/mol. The van der Waals surface area contributed by atoms with Gasteiger partial charge in [0.05, 0.1) is 6.61 Å². The predicted molar refractivity (Wildman–Crippen MR) is 46.9 cm³/mol. The fourth-order valence-corrected chi connectivity index (χ4v) is 1.31. The van der Waals surface area contributed by atoms with Crippen LogP contribution in [0.25, 0.3) is 0 Å². The quantitative estimate of drug-likeness (QED) is 0.499. The van der Waals surface area contributed by atoms with Crippen molar-refractivity contribution in [2.24, 2.45) is 5.92 Å². The SMILES string of the molecule is CCCCC(CC)COP=O.[Ni]. The van der Waals surface area contributed by atoms with E-state index in [9.17, 15) is 4.57 Å². The van der Waals surface area contributed by atoms with E-state index in [0.717, 1.165) is 6.42 Å². The third-order valence-electron chi connectivity index (χ3n) is 1.91. The largest absolute Gasteiger partial charge is 0.327 e. The van der Waals surface area contributed by atoms with Crippen molar-refractivity contribution < 1.29 is 25.6 Å². The summed E-state index contributed by atoms with van der Waals surface area (Å²) >= 11 is 0. The zero-order valence-corrected chi connectivity index (χ0v) is 9.57. The van der Waals surface area contributed by atoms with Gasteiger partial charge in [-0.15, -0.1) is 0 Å². The molecule has 0 aliphatic heterocycles. The molecule has 0 saturated heterocycles. The standard InChI is InChI=1S/C8H17O2P.Ni/c1-3-5-6-8(4-2)7-10-11-9;/h8H,3-7H2,1-2H3;. The van der Waals surface area contributed by atoms with Gasteiger partial charge in [-0.05, 0) is 12.3 Å². The molecule has 0 aliphatic carbocycles. The van der Waals surface area contributed by atoms with Crippen LogP contribution in [-0.2, 0) is 25.6 Å². The van der Waals surface area contributed by atoms with Gasteiger partial charge in [0.1, 0.15) is 0 Å². The minimum Gasteiger partial charge on any atom is -0.294 e. The topological polar surface area (TPSA) is 26.3 Å². The molecule has 76 valence electrons. The minimum absolute atomic E-state index is 0. The second-order valence-corrected chi connectivity index (χ2v) is 3.19. The zero-order chi connectivity index (χ0) is 8.53. The Hall–Kier alpha value is 0.554. The first kappa shape index (κ1) is 15.0. The Kier molecular flexibility index (Phi) is 14.5. The summed E-state index contributed by atoms with van der Waals surface area (Å²) in [5, 5.41) is 0. The van der Waals surface area contributed by atoms with Gasteiger partial charge in [-0.25, -0.2) is 4.57 Å². The van der Waals surface area contributed by atoms with Crippen molar-refractivity contribution in [3.63, 3.8) is 0 Å². The Bertz CT molecular complexity index is 101. The van der Waals surface area contributed by atoms with Crippen LogP contribution in [0, 0.1) is 5.92 Å². The van der Waals surface area contributed by atoms with Crippen molar-refractivity contribution >= 4 is 8.69 Å². The maximum absolute atomic E-state index is 9.97. The molecule has 0 radical (unpaired) electrons. The molecule has 0 aromatic heterocycles. The van der Waals surface area contributed by atoms with Gasteiger partial charge in [-0.1, -0.05) is 33.1 Å². The van der Waals surface area contributed by atoms with Gasteiger partial charge in [0.25, 0.3) is 0 Å². The molecule has 2 nitrogen and oxygen atoms in total. The van der Waals surface area contributed by atoms with Crippen LogP contribution in [0.2, 0.25) is 0 Å². The normalized spacial score (nSPS) is 12.5. The molecule has 0 aliphatic rings. The summed E-state index contributed by atoms with van der Waals surface area (Å²) in [6.07, 6.45) is 4.79. The molecule has 4 heteroatoms. The Morgan fingerprint density at radius 1 is 1.42 bits per heavy atom. The number of hydrogen-bond acceptors (Lipinski definition) is 2. The number of rotatable bonds is 7. The molecular formula is C8H17NiO2P. The summed E-state index contributed by atoms with van der Waals surface area (Å²) in [5.41, 5.74) is 0. The molecule has 0 spiro atoms. The van der Waals surface area contributed by atoms with E-state index in [0.29, 0.717) is 12.5 Å². The fourth-order valence-electron chi connectivity index (χ4n) is 1.03. The van der Waals surface area contributed by atoms with Gasteiger partial charge >= 0.3 is 8.69 Å². The number of unbranched alkanes of at least 4 members (excludes halogenated alkanes) is 1. The fraction of sp³-hybridized carbons (Fsp3) is 1.00. The molecule has 0 fully saturated rings. The Balaban J connectivity index is 0. The molecule has 0 heterocycles. The summed E-state index contributed by atoms with van der Waals surface area (Å²) in [5.74, 6) is 0.594. The van der Waals surface area contributed by atoms with E-state index in [-0.39, 0.29) is 25.2 Å². The van der Waals surface area contributed by atoms with Crippen LogP contribution in [0.5, 0.6) is 0 Å². The third-order valence-corrected chi connectivity index (χ3v) is 2.16. The second-order valence-electron chi connectivity index (χ2n) is 2.79. The average molecular weight is 235 g/mol. The second kappa shape index (κ2) is 11.6. The first-order chi connectivity index (χ1) is 5.35. The molecule has 0 rings (SSSR count). The Labute approximate surface area is 86.7 Å². The van der Waals surface area contributed by atoms with Gasteiger partial charge in [-0.3, -0.25) is 4.52 Å². The first-order valence-electron chi connectivity index (χ1n) is 4.29. The third kappa shape index (κ3) is 8.65. The van der Waals surface area contributed by atoms with Crippen molar-refractivity contribution in [3.05, 3.63) is 0 Å². The average Bonchev–Trinajstić information content (AvgIpc) is 2.05. The van der Waals surface area contributed by atoms with Crippen molar-refractivity contribution in [3.8, 4) is 0 Å². The minimum atomic E-state index is -0.181. The Morgan fingerprint density at radius 3 is 2.50 bits per heavy atom. The van der Waals surface area contributed by atoms with Crippen molar-refractivity contribution in [2.45, 2.75) is 39.5 Å². The summed E-state index contributed by atoms with van der Waals surface area (Å²) < 4.78 is 14.8. The van der Waals surface area contributed by atoms with Gasteiger partial charge in [0, 0.05) is 16.5 Å². The van der Waals surface area contributed by atoms with Gasteiger partial charge in [0.15, 0.2) is 0 Å². The molecule has 1 unspecified atom stereocenters. The van der Waals surface area contributed by atoms with E-state index >= 15 is 0 Å². The van der Waals surface area contributed by atoms with E-state index in [1.165, 1.54) is 19.3 Å². The van der Waals surface area contributed by atoms with Gasteiger partial charge < -0.3 is 0 Å². The summed E-state index contributed by atoms with van der Waals surface area (Å²) in [6.45, 7) is 4.96. The molecular weight excluding hydrogens is 218 g/mol. The van der Waals surface area contributed by atoms with Crippen LogP contribution in [-0.4, -0.2) is 6.61 Å². The molecule has 1 atom stereocenters. The Morgan fingerprint density at radius 2 is 2.08 bits per heavy atom. The van der Waals surface area contributed by atoms with Crippen molar-refractivity contribution in [1.82, 2.24) is 0 Å². The molecule has 0 saturated carbocycles. The van der Waals surface area contributed by atoms with Crippen molar-refractivity contribution in [2.75, 3.05) is 6.61 Å². The zero-order valence-electron chi connectivity index (χ0n) is 7.69. The van der Waals surface area contributed by atoms with Gasteiger partial charge in [0.2, 0.25) is 0 Å². The van der Waals surface area contributed by atoms with E-state index in [2.05, 4.69) is 13.8 Å². The van der Waals surface area contributed by atoms with Crippen LogP contribution in [0.15, 0.2) is 0 Å². The first-order valence-corrected chi connectivity index (χ1v) is 5.02. The maximum Gasteiger partial charge on any atom is 0.327 e. The van der Waals surface area contributed by atoms with Gasteiger partial charge in [-0.2, -0.15) is 0 Å². The van der Waals surface area contributed by atoms with E-state index in [1.54, 1.807) is 0 Å². The molecule has 0 aromatic rings. The van der Waals surface area contributed by atoms with E-state index < -0.39 is 0 Å². The van der Waals surface area contributed by atoms with E-state index in [1.807, 2.05) is 0 Å². The van der Waals surface area contributed by atoms with Crippen LogP contribution in [0.4, 0.5) is 0 Å². The summed E-state index contributed by atoms with van der Waals surface area (Å²) in [6, 6.07) is 0. The molecule has 0 amide bonds. The molecule has 0 bridgehead atoms. The summed E-state index contributed by atoms with van der Waals surface area (Å²) in [7, 11) is -0.181. The van der Waals surface area contributed by atoms with Crippen LogP contribution in [0.1, 0.15) is 39.5 Å². The van der Waals surface area contributed by atoms with Crippen LogP contribution in [0.3, 0.4) is 0 Å². The summed E-state index contributed by atoms with van der Waals surface area (Å²) in [4.78, 5) is 0. The van der Waals surface area contributed by atoms with Crippen molar-refractivity contribution in [1.29, 1.82) is 0 Å².